The van der Waals surface area contributed by atoms with Gasteiger partial charge in [0.1, 0.15) is 11.4 Å². The van der Waals surface area contributed by atoms with E-state index < -0.39 is 17.7 Å². The van der Waals surface area contributed by atoms with Crippen LogP contribution in [0, 0.1) is 12.8 Å². The highest BCUT2D eigenvalue weighted by Gasteiger charge is 2.31. The number of anilines is 1. The fourth-order valence-electron chi connectivity index (χ4n) is 2.99. The highest BCUT2D eigenvalue weighted by atomic mass is 16.6. The minimum atomic E-state index is -0.568. The van der Waals surface area contributed by atoms with E-state index in [4.69, 9.17) is 9.47 Å². The summed E-state index contributed by atoms with van der Waals surface area (Å²) >= 11 is 0. The summed E-state index contributed by atoms with van der Waals surface area (Å²) in [6.07, 6.45) is 1.07. The quantitative estimate of drug-likeness (QED) is 0.755. The summed E-state index contributed by atoms with van der Waals surface area (Å²) in [5.41, 5.74) is 0.900. The molecule has 1 heterocycles. The molecule has 1 N–H and O–H groups in total. The molecular formula is C21H30N2O6. The standard InChI is InChI=1S/C21H30N2O6/c1-14-11-16(28-13-18(24)27-5)8-9-17(14)22-19(25)15-7-6-10-23(12-15)20(26)29-21(2,3)4/h8-9,11,15H,6-7,10,12-13H2,1-5H3,(H,22,25). The van der Waals surface area contributed by atoms with Gasteiger partial charge >= 0.3 is 12.1 Å². The van der Waals surface area contributed by atoms with Gasteiger partial charge in [-0.1, -0.05) is 0 Å². The predicted molar refractivity (Wildman–Crippen MR) is 108 cm³/mol. The van der Waals surface area contributed by atoms with Crippen LogP contribution in [-0.4, -0.2) is 55.3 Å². The van der Waals surface area contributed by atoms with E-state index in [-0.39, 0.29) is 18.4 Å². The Hall–Kier alpha value is -2.77. The van der Waals surface area contributed by atoms with Gasteiger partial charge in [0, 0.05) is 18.8 Å². The average Bonchev–Trinajstić information content (AvgIpc) is 2.66. The predicted octanol–water partition coefficient (Wildman–Crippen LogP) is 3.13. The first kappa shape index (κ1) is 22.5. The Balaban J connectivity index is 1.95. The first-order valence-electron chi connectivity index (χ1n) is 9.68. The van der Waals surface area contributed by atoms with Crippen LogP contribution in [0.1, 0.15) is 39.2 Å². The Morgan fingerprint density at radius 1 is 1.24 bits per heavy atom. The summed E-state index contributed by atoms with van der Waals surface area (Å²) in [7, 11) is 1.30. The molecule has 1 aliphatic rings. The maximum atomic E-state index is 12.7. The lowest BCUT2D eigenvalue weighted by molar-refractivity contribution is -0.142. The maximum absolute atomic E-state index is 12.7. The first-order chi connectivity index (χ1) is 13.6. The highest BCUT2D eigenvalue weighted by molar-refractivity contribution is 5.93. The number of benzene rings is 1. The average molecular weight is 406 g/mol. The van der Waals surface area contributed by atoms with Crippen LogP contribution in [-0.2, 0) is 19.1 Å². The number of likely N-dealkylation sites (tertiary alicyclic amines) is 1. The lowest BCUT2D eigenvalue weighted by Gasteiger charge is -2.33. The Kier molecular flexibility index (Phi) is 7.47. The van der Waals surface area contributed by atoms with Crippen LogP contribution in [0.2, 0.25) is 0 Å². The number of piperidine rings is 1. The van der Waals surface area contributed by atoms with Gasteiger partial charge in [-0.2, -0.15) is 0 Å². The zero-order valence-electron chi connectivity index (χ0n) is 17.7. The van der Waals surface area contributed by atoms with Gasteiger partial charge in [-0.25, -0.2) is 9.59 Å². The van der Waals surface area contributed by atoms with Gasteiger partial charge in [0.05, 0.1) is 13.0 Å². The largest absolute Gasteiger partial charge is 0.482 e. The number of hydrogen-bond donors (Lipinski definition) is 1. The molecule has 0 radical (unpaired) electrons. The zero-order valence-corrected chi connectivity index (χ0v) is 17.7. The number of rotatable bonds is 5. The molecule has 29 heavy (non-hydrogen) atoms. The molecule has 0 spiro atoms. The van der Waals surface area contributed by atoms with E-state index in [0.29, 0.717) is 30.9 Å². The van der Waals surface area contributed by atoms with Crippen molar-refractivity contribution in [2.45, 2.75) is 46.1 Å². The molecule has 1 unspecified atom stereocenters. The van der Waals surface area contributed by atoms with E-state index in [2.05, 4.69) is 10.1 Å². The van der Waals surface area contributed by atoms with E-state index in [1.165, 1.54) is 7.11 Å². The minimum absolute atomic E-state index is 0.135. The molecule has 0 bridgehead atoms. The van der Waals surface area contributed by atoms with Gasteiger partial charge in [0.25, 0.3) is 0 Å². The van der Waals surface area contributed by atoms with Crippen LogP contribution in [0.3, 0.4) is 0 Å². The molecule has 8 heteroatoms. The molecule has 2 amide bonds. The third-order valence-corrected chi connectivity index (χ3v) is 4.48. The normalized spacial score (nSPS) is 16.7. The molecule has 0 aliphatic carbocycles. The third kappa shape index (κ3) is 6.96. The Bertz CT molecular complexity index is 756. The van der Waals surface area contributed by atoms with Crippen molar-refractivity contribution < 1.29 is 28.6 Å². The van der Waals surface area contributed by atoms with Gasteiger partial charge in [0.15, 0.2) is 6.61 Å². The number of ether oxygens (including phenoxy) is 3. The molecule has 8 nitrogen and oxygen atoms in total. The van der Waals surface area contributed by atoms with Gasteiger partial charge in [-0.15, -0.1) is 0 Å². The van der Waals surface area contributed by atoms with Gasteiger partial charge in [-0.3, -0.25) is 4.79 Å². The first-order valence-corrected chi connectivity index (χ1v) is 9.68. The van der Waals surface area contributed by atoms with Gasteiger partial charge in [-0.05, 0) is 64.3 Å². The maximum Gasteiger partial charge on any atom is 0.410 e. The molecule has 1 aromatic rings. The SMILES string of the molecule is COC(=O)COc1ccc(NC(=O)C2CCCN(C(=O)OC(C)(C)C)C2)c(C)c1. The van der Waals surface area contributed by atoms with Crippen molar-refractivity contribution >= 4 is 23.7 Å². The second kappa shape index (κ2) is 9.62. The Labute approximate surface area is 171 Å². The molecule has 0 saturated carbocycles. The zero-order chi connectivity index (χ0) is 21.6. The molecule has 1 atom stereocenters. The number of esters is 1. The number of carbonyl (C=O) groups excluding carboxylic acids is 3. The smallest absolute Gasteiger partial charge is 0.410 e. The summed E-state index contributed by atoms with van der Waals surface area (Å²) < 4.78 is 15.3. The van der Waals surface area contributed by atoms with E-state index >= 15 is 0 Å². The number of amides is 2. The van der Waals surface area contributed by atoms with Crippen molar-refractivity contribution in [3.05, 3.63) is 23.8 Å². The molecule has 0 aromatic heterocycles. The van der Waals surface area contributed by atoms with Crippen LogP contribution < -0.4 is 10.1 Å². The summed E-state index contributed by atoms with van der Waals surface area (Å²) in [4.78, 5) is 37.8. The molecule has 1 fully saturated rings. The lowest BCUT2D eigenvalue weighted by atomic mass is 9.97. The van der Waals surface area contributed by atoms with Crippen molar-refractivity contribution in [3.63, 3.8) is 0 Å². The minimum Gasteiger partial charge on any atom is -0.482 e. The van der Waals surface area contributed by atoms with Crippen LogP contribution >= 0.6 is 0 Å². The number of methoxy groups -OCH3 is 1. The van der Waals surface area contributed by atoms with Crippen LogP contribution in [0.25, 0.3) is 0 Å². The van der Waals surface area contributed by atoms with Crippen LogP contribution in [0.5, 0.6) is 5.75 Å². The molecular weight excluding hydrogens is 376 g/mol. The number of nitrogens with zero attached hydrogens (tertiary/aromatic N) is 1. The van der Waals surface area contributed by atoms with Crippen LogP contribution in [0.4, 0.5) is 10.5 Å². The van der Waals surface area contributed by atoms with Crippen molar-refractivity contribution in [1.29, 1.82) is 0 Å². The topological polar surface area (TPSA) is 94.2 Å². The van der Waals surface area contributed by atoms with E-state index in [0.717, 1.165) is 12.0 Å². The lowest BCUT2D eigenvalue weighted by Crippen LogP contribution is -2.45. The Morgan fingerprint density at radius 3 is 2.59 bits per heavy atom. The Morgan fingerprint density at radius 2 is 1.97 bits per heavy atom. The van der Waals surface area contributed by atoms with E-state index in [1.54, 1.807) is 23.1 Å². The number of nitrogens with one attached hydrogen (secondary N) is 1. The monoisotopic (exact) mass is 406 g/mol. The summed E-state index contributed by atoms with van der Waals surface area (Å²) in [6, 6.07) is 5.15. The third-order valence-electron chi connectivity index (χ3n) is 4.48. The van der Waals surface area contributed by atoms with Crippen LogP contribution in [0.15, 0.2) is 18.2 Å². The molecule has 160 valence electrons. The highest BCUT2D eigenvalue weighted by Crippen LogP contribution is 2.24. The number of aryl methyl sites for hydroxylation is 1. The van der Waals surface area contributed by atoms with Gasteiger partial charge in [0.2, 0.25) is 5.91 Å². The molecule has 1 aliphatic heterocycles. The molecule has 1 aromatic carbocycles. The molecule has 2 rings (SSSR count). The fourth-order valence-corrected chi connectivity index (χ4v) is 2.99. The van der Waals surface area contributed by atoms with Crippen molar-refractivity contribution in [1.82, 2.24) is 4.90 Å². The fraction of sp³-hybridized carbons (Fsp3) is 0.571. The summed E-state index contributed by atoms with van der Waals surface area (Å²) in [5.74, 6) is -0.387. The second-order valence-electron chi connectivity index (χ2n) is 8.10. The summed E-state index contributed by atoms with van der Waals surface area (Å²) in [5, 5.41) is 2.93. The van der Waals surface area contributed by atoms with Crippen molar-refractivity contribution in [2.75, 3.05) is 32.1 Å². The number of hydrogen-bond acceptors (Lipinski definition) is 6. The van der Waals surface area contributed by atoms with Gasteiger partial charge < -0.3 is 24.4 Å². The van der Waals surface area contributed by atoms with E-state index in [9.17, 15) is 14.4 Å². The van der Waals surface area contributed by atoms with E-state index in [1.807, 2.05) is 27.7 Å². The van der Waals surface area contributed by atoms with Crippen molar-refractivity contribution in [2.24, 2.45) is 5.92 Å². The number of carbonyl (C=O) groups is 3. The summed E-state index contributed by atoms with van der Waals surface area (Å²) in [6.45, 7) is 8.05. The van der Waals surface area contributed by atoms with Crippen molar-refractivity contribution in [3.8, 4) is 5.75 Å². The second-order valence-corrected chi connectivity index (χ2v) is 8.10. The molecule has 1 saturated heterocycles.